The first-order valence-electron chi connectivity index (χ1n) is 13.5. The molecular weight excluding hydrogens is 472 g/mol. The number of fused-ring (bicyclic) bond motifs is 2. The first-order valence-corrected chi connectivity index (χ1v) is 13.5. The van der Waals surface area contributed by atoms with Gasteiger partial charge in [0.2, 0.25) is 5.79 Å². The second kappa shape index (κ2) is 13.3. The highest BCUT2D eigenvalue weighted by Crippen LogP contribution is 2.39. The molecule has 0 radical (unpaired) electrons. The lowest BCUT2D eigenvalue weighted by molar-refractivity contribution is -0.305. The van der Waals surface area contributed by atoms with Crippen LogP contribution >= 0.6 is 0 Å². The maximum absolute atomic E-state index is 12.8. The molecular formula is C30H48O7. The van der Waals surface area contributed by atoms with Crippen LogP contribution in [0, 0.1) is 17.8 Å². The molecule has 4 N–H and O–H groups in total. The molecule has 7 heteroatoms. The zero-order chi connectivity index (χ0) is 28.0. The van der Waals surface area contributed by atoms with Gasteiger partial charge >= 0.3 is 5.97 Å². The van der Waals surface area contributed by atoms with Gasteiger partial charge < -0.3 is 29.9 Å². The van der Waals surface area contributed by atoms with Gasteiger partial charge in [-0.05, 0) is 64.7 Å². The van der Waals surface area contributed by atoms with Crippen LogP contribution in [0.5, 0.6) is 0 Å². The third kappa shape index (κ3) is 8.89. The Labute approximate surface area is 222 Å². The van der Waals surface area contributed by atoms with Gasteiger partial charge in [0, 0.05) is 18.4 Å². The summed E-state index contributed by atoms with van der Waals surface area (Å²) in [5, 5.41) is 43.1. The average molecular weight is 521 g/mol. The molecule has 210 valence electrons. The molecule has 0 aromatic heterocycles. The second-order valence-electron chi connectivity index (χ2n) is 11.5. The molecule has 0 saturated carbocycles. The Kier molecular flexibility index (Phi) is 11.3. The number of carbonyl (C=O) groups excluding carboxylic acids is 1. The fraction of sp³-hybridized carbons (Fsp3) is 0.700. The van der Waals surface area contributed by atoms with Crippen molar-refractivity contribution in [1.82, 2.24) is 0 Å². The number of rotatable bonds is 4. The zero-order valence-corrected chi connectivity index (χ0v) is 23.4. The first-order chi connectivity index (χ1) is 17.1. The summed E-state index contributed by atoms with van der Waals surface area (Å²) in [6.45, 7) is 14.9. The number of aliphatic hydroxyl groups excluding tert-OH is 2. The summed E-state index contributed by atoms with van der Waals surface area (Å²) in [4.78, 5) is 12.8. The van der Waals surface area contributed by atoms with E-state index in [-0.39, 0.29) is 24.2 Å². The van der Waals surface area contributed by atoms with E-state index in [4.69, 9.17) is 9.47 Å². The van der Waals surface area contributed by atoms with E-state index in [1.54, 1.807) is 38.2 Å². The van der Waals surface area contributed by atoms with E-state index in [9.17, 15) is 25.2 Å². The molecule has 1 saturated heterocycles. The normalized spacial score (nSPS) is 39.9. The molecule has 0 spiro atoms. The Bertz CT molecular complexity index is 871. The number of allylic oxidation sites excluding steroid dienone is 1. The molecule has 7 nitrogen and oxygen atoms in total. The van der Waals surface area contributed by atoms with E-state index in [1.165, 1.54) is 13.0 Å². The topological polar surface area (TPSA) is 116 Å². The maximum atomic E-state index is 12.8. The molecule has 2 bridgehead atoms. The SMILES string of the molecule is C=C1C[C@@H]2C/C=C\[C@H](O)[C@H](C)C(C)=CC(=O)O[C@H](CCC(C)C(C)O)[C@@H](C)C/C=C\[C@@](C)(O)[C@](O)(C1)O2. The Balaban J connectivity index is 2.38. The van der Waals surface area contributed by atoms with E-state index in [1.807, 2.05) is 20.8 Å². The van der Waals surface area contributed by atoms with E-state index >= 15 is 0 Å². The number of hydrogen-bond donors (Lipinski definition) is 4. The van der Waals surface area contributed by atoms with E-state index in [0.29, 0.717) is 37.7 Å². The van der Waals surface area contributed by atoms with Gasteiger partial charge in [0.15, 0.2) is 0 Å². The molecule has 9 atom stereocenters. The van der Waals surface area contributed by atoms with Crippen molar-refractivity contribution in [3.05, 3.63) is 48.1 Å². The Morgan fingerprint density at radius 1 is 1.19 bits per heavy atom. The van der Waals surface area contributed by atoms with E-state index in [2.05, 4.69) is 6.58 Å². The summed E-state index contributed by atoms with van der Waals surface area (Å²) < 4.78 is 11.9. The summed E-state index contributed by atoms with van der Waals surface area (Å²) in [6.07, 6.45) is 9.00. The van der Waals surface area contributed by atoms with Gasteiger partial charge in [-0.25, -0.2) is 4.79 Å². The minimum absolute atomic E-state index is 0.0493. The van der Waals surface area contributed by atoms with Crippen LogP contribution in [0.1, 0.15) is 80.1 Å². The van der Waals surface area contributed by atoms with Crippen molar-refractivity contribution in [2.45, 2.75) is 116 Å². The molecule has 0 amide bonds. The quantitative estimate of drug-likeness (QED) is 0.322. The minimum atomic E-state index is -1.84. The smallest absolute Gasteiger partial charge is 0.330 e. The van der Waals surface area contributed by atoms with Gasteiger partial charge in [-0.2, -0.15) is 0 Å². The molecule has 2 rings (SSSR count). The lowest BCUT2D eigenvalue weighted by Crippen LogP contribution is -2.56. The van der Waals surface area contributed by atoms with Gasteiger partial charge in [0.1, 0.15) is 11.7 Å². The van der Waals surface area contributed by atoms with Crippen molar-refractivity contribution in [3.8, 4) is 0 Å². The van der Waals surface area contributed by atoms with Crippen molar-refractivity contribution in [1.29, 1.82) is 0 Å². The molecule has 37 heavy (non-hydrogen) atoms. The number of esters is 1. The summed E-state index contributed by atoms with van der Waals surface area (Å²) in [5.41, 5.74) is -0.181. The molecule has 1 fully saturated rings. The summed E-state index contributed by atoms with van der Waals surface area (Å²) in [7, 11) is 0. The van der Waals surface area contributed by atoms with Crippen molar-refractivity contribution in [3.63, 3.8) is 0 Å². The number of aliphatic hydroxyl groups is 4. The standard InChI is InChI=1S/C30H48O7/c1-19-16-25-11-8-12-26(32)23(5)22(4)17-28(33)36-27(14-13-20(2)24(6)31)21(3)10-9-15-29(7,34)30(35,18-19)37-25/h8-9,12,15,17,20-21,23-27,31-32,34-35H,1,10-11,13-14,16,18H2,2-7H3/b12-8-,15-9-,22-17?/t20?,21-,23+,24?,25-,26-,27+,29+,30-/m0/s1. The lowest BCUT2D eigenvalue weighted by Gasteiger charge is -2.45. The monoisotopic (exact) mass is 520 g/mol. The van der Waals surface area contributed by atoms with Crippen molar-refractivity contribution >= 4 is 5.97 Å². The Morgan fingerprint density at radius 2 is 1.86 bits per heavy atom. The molecule has 2 unspecified atom stereocenters. The predicted octanol–water partition coefficient (Wildman–Crippen LogP) is 4.36. The molecule has 0 aliphatic carbocycles. The summed E-state index contributed by atoms with van der Waals surface area (Å²) >= 11 is 0. The van der Waals surface area contributed by atoms with Crippen molar-refractivity contribution in [2.75, 3.05) is 0 Å². The largest absolute Gasteiger partial charge is 0.459 e. The van der Waals surface area contributed by atoms with Crippen LogP contribution < -0.4 is 0 Å². The van der Waals surface area contributed by atoms with E-state index < -0.39 is 41.8 Å². The van der Waals surface area contributed by atoms with Crippen molar-refractivity contribution in [2.24, 2.45) is 17.8 Å². The van der Waals surface area contributed by atoms with Crippen LogP contribution in [0.15, 0.2) is 48.1 Å². The van der Waals surface area contributed by atoms with Crippen LogP contribution in [-0.2, 0) is 14.3 Å². The number of hydrogen-bond acceptors (Lipinski definition) is 7. The molecule has 2 heterocycles. The van der Waals surface area contributed by atoms with Crippen LogP contribution in [-0.4, -0.2) is 62.2 Å². The maximum Gasteiger partial charge on any atom is 0.330 e. The van der Waals surface area contributed by atoms with Gasteiger partial charge in [-0.1, -0.05) is 62.8 Å². The van der Waals surface area contributed by atoms with Crippen LogP contribution in [0.4, 0.5) is 0 Å². The average Bonchev–Trinajstić information content (AvgIpc) is 2.79. The molecule has 2 aliphatic rings. The highest BCUT2D eigenvalue weighted by atomic mass is 16.6. The minimum Gasteiger partial charge on any atom is -0.459 e. The summed E-state index contributed by atoms with van der Waals surface area (Å²) in [6, 6.07) is 0. The van der Waals surface area contributed by atoms with Crippen LogP contribution in [0.3, 0.4) is 0 Å². The van der Waals surface area contributed by atoms with Crippen molar-refractivity contribution < 1.29 is 34.7 Å². The first kappa shape index (κ1) is 31.4. The third-order valence-electron chi connectivity index (χ3n) is 8.05. The second-order valence-corrected chi connectivity index (χ2v) is 11.5. The zero-order valence-electron chi connectivity index (χ0n) is 23.4. The molecule has 2 aliphatic heterocycles. The number of cyclic esters (lactones) is 1. The van der Waals surface area contributed by atoms with Crippen LogP contribution in [0.2, 0.25) is 0 Å². The van der Waals surface area contributed by atoms with Gasteiger partial charge in [-0.15, -0.1) is 0 Å². The van der Waals surface area contributed by atoms with E-state index in [0.717, 1.165) is 5.57 Å². The number of ether oxygens (including phenoxy) is 2. The van der Waals surface area contributed by atoms with Crippen LogP contribution in [0.25, 0.3) is 0 Å². The fourth-order valence-electron chi connectivity index (χ4n) is 4.75. The van der Waals surface area contributed by atoms with Gasteiger partial charge in [0.25, 0.3) is 0 Å². The Hall–Kier alpha value is -1.77. The fourth-order valence-corrected chi connectivity index (χ4v) is 4.75. The van der Waals surface area contributed by atoms with Gasteiger partial charge in [-0.3, -0.25) is 0 Å². The highest BCUT2D eigenvalue weighted by Gasteiger charge is 2.49. The molecule has 0 aromatic carbocycles. The number of carbonyl (C=O) groups is 1. The third-order valence-corrected chi connectivity index (χ3v) is 8.05. The predicted molar refractivity (Wildman–Crippen MR) is 144 cm³/mol. The Morgan fingerprint density at radius 3 is 2.51 bits per heavy atom. The molecule has 0 aromatic rings. The lowest BCUT2D eigenvalue weighted by atomic mass is 9.83. The summed E-state index contributed by atoms with van der Waals surface area (Å²) in [5.74, 6) is -2.64. The van der Waals surface area contributed by atoms with Gasteiger partial charge in [0.05, 0.1) is 18.3 Å². The highest BCUT2D eigenvalue weighted by molar-refractivity contribution is 5.83.